The molecule has 0 aliphatic heterocycles. The number of esters is 1. The molecule has 0 aliphatic carbocycles. The van der Waals surface area contributed by atoms with Crippen LogP contribution in [0.25, 0.3) is 0 Å². The Kier molecular flexibility index (Phi) is 5.40. The summed E-state index contributed by atoms with van der Waals surface area (Å²) in [5, 5.41) is 0. The van der Waals surface area contributed by atoms with Gasteiger partial charge >= 0.3 is 5.97 Å². The van der Waals surface area contributed by atoms with Gasteiger partial charge in [-0.1, -0.05) is 6.92 Å². The number of hydrogen-bond acceptors (Lipinski definition) is 2. The van der Waals surface area contributed by atoms with Crippen molar-refractivity contribution in [3.8, 4) is 0 Å². The number of rotatable bonds is 4. The third kappa shape index (κ3) is 4.62. The molecular weight excluding hydrogens is 152 g/mol. The van der Waals surface area contributed by atoms with Crippen LogP contribution >= 0.6 is 11.6 Å². The number of carbonyl (C=O) groups excluding carboxylic acids is 1. The maximum absolute atomic E-state index is 10.7. The van der Waals surface area contributed by atoms with Gasteiger partial charge in [-0.3, -0.25) is 4.79 Å². The summed E-state index contributed by atoms with van der Waals surface area (Å²) >= 11 is 5.42. The monoisotopic (exact) mass is 164 g/mol. The zero-order chi connectivity index (χ0) is 7.98. The molecule has 0 saturated heterocycles. The maximum atomic E-state index is 10.7. The molecule has 2 nitrogen and oxygen atoms in total. The van der Waals surface area contributed by atoms with E-state index in [1.165, 1.54) is 0 Å². The van der Waals surface area contributed by atoms with E-state index in [1.54, 1.807) is 6.92 Å². The molecule has 0 amide bonds. The van der Waals surface area contributed by atoms with Gasteiger partial charge in [0.15, 0.2) is 0 Å². The van der Waals surface area contributed by atoms with Gasteiger partial charge in [0.25, 0.3) is 0 Å². The van der Waals surface area contributed by atoms with Gasteiger partial charge in [0.2, 0.25) is 0 Å². The average Bonchev–Trinajstić information content (AvgIpc) is 1.88. The Morgan fingerprint density at radius 1 is 1.70 bits per heavy atom. The molecule has 0 spiro atoms. The van der Waals surface area contributed by atoms with Crippen LogP contribution in [-0.4, -0.2) is 18.0 Å². The number of halogens is 1. The Labute approximate surface area is 66.5 Å². The van der Waals surface area contributed by atoms with Crippen LogP contribution in [0.5, 0.6) is 0 Å². The van der Waals surface area contributed by atoms with E-state index in [9.17, 15) is 4.79 Å². The Hall–Kier alpha value is -0.240. The van der Waals surface area contributed by atoms with Gasteiger partial charge in [0.1, 0.15) is 6.10 Å². The molecule has 0 radical (unpaired) electrons. The van der Waals surface area contributed by atoms with Crippen LogP contribution in [0.1, 0.15) is 26.7 Å². The summed E-state index contributed by atoms with van der Waals surface area (Å²) in [5.74, 6) is 0.214. The molecule has 0 rings (SSSR count). The zero-order valence-corrected chi connectivity index (χ0v) is 7.15. The van der Waals surface area contributed by atoms with Crippen LogP contribution in [0.2, 0.25) is 0 Å². The largest absolute Gasteiger partial charge is 0.461 e. The van der Waals surface area contributed by atoms with Crippen molar-refractivity contribution in [1.29, 1.82) is 0 Å². The summed E-state index contributed by atoms with van der Waals surface area (Å²) < 4.78 is 4.87. The van der Waals surface area contributed by atoms with Crippen molar-refractivity contribution in [1.82, 2.24) is 0 Å². The van der Waals surface area contributed by atoms with Gasteiger partial charge in [-0.25, -0.2) is 0 Å². The fourth-order valence-corrected chi connectivity index (χ4v) is 0.582. The highest BCUT2D eigenvalue weighted by molar-refractivity contribution is 6.18. The Bertz CT molecular complexity index is 104. The summed E-state index contributed by atoms with van der Waals surface area (Å²) in [4.78, 5) is 10.7. The van der Waals surface area contributed by atoms with E-state index in [1.807, 2.05) is 6.92 Å². The first-order valence-corrected chi connectivity index (χ1v) is 3.99. The summed E-state index contributed by atoms with van der Waals surface area (Å²) in [5.41, 5.74) is 0. The maximum Gasteiger partial charge on any atom is 0.306 e. The molecular formula is C7H13ClO2. The number of alkyl halides is 1. The van der Waals surface area contributed by atoms with E-state index in [0.29, 0.717) is 12.3 Å². The van der Waals surface area contributed by atoms with Crippen LogP contribution in [0.15, 0.2) is 0 Å². The lowest BCUT2D eigenvalue weighted by atomic mass is 10.3. The van der Waals surface area contributed by atoms with Gasteiger partial charge < -0.3 is 4.74 Å². The van der Waals surface area contributed by atoms with Crippen molar-refractivity contribution in [2.75, 3.05) is 5.88 Å². The smallest absolute Gasteiger partial charge is 0.306 e. The van der Waals surface area contributed by atoms with Crippen molar-refractivity contribution < 1.29 is 9.53 Å². The summed E-state index contributed by atoms with van der Waals surface area (Å²) in [6.07, 6.45) is 1.16. The predicted octanol–water partition coefficient (Wildman–Crippen LogP) is 1.96. The van der Waals surface area contributed by atoms with Gasteiger partial charge in [0.05, 0.1) is 5.88 Å². The quantitative estimate of drug-likeness (QED) is 0.469. The molecule has 60 valence electrons. The summed E-state index contributed by atoms with van der Waals surface area (Å²) in [6.45, 7) is 3.72. The van der Waals surface area contributed by atoms with Crippen LogP contribution in [0, 0.1) is 0 Å². The van der Waals surface area contributed by atoms with E-state index in [2.05, 4.69) is 0 Å². The second-order valence-corrected chi connectivity index (χ2v) is 2.51. The topological polar surface area (TPSA) is 26.3 Å². The minimum Gasteiger partial charge on any atom is -0.461 e. The van der Waals surface area contributed by atoms with E-state index >= 15 is 0 Å². The van der Waals surface area contributed by atoms with E-state index in [0.717, 1.165) is 6.42 Å². The number of hydrogen-bond donors (Lipinski definition) is 0. The molecule has 0 fully saturated rings. The molecule has 3 heteroatoms. The highest BCUT2D eigenvalue weighted by Crippen LogP contribution is 1.98. The van der Waals surface area contributed by atoms with Crippen LogP contribution < -0.4 is 0 Å². The Morgan fingerprint density at radius 3 is 2.70 bits per heavy atom. The second kappa shape index (κ2) is 5.54. The zero-order valence-electron chi connectivity index (χ0n) is 6.39. The standard InChI is InChI=1S/C7H13ClO2/c1-3-4-7(9)10-6(2)5-8/h6H,3-5H2,1-2H3. The molecule has 1 atom stereocenters. The van der Waals surface area contributed by atoms with E-state index in [-0.39, 0.29) is 12.1 Å². The molecule has 0 aromatic carbocycles. The molecule has 0 bridgehead atoms. The van der Waals surface area contributed by atoms with Crippen molar-refractivity contribution in [2.45, 2.75) is 32.8 Å². The minimum atomic E-state index is -0.157. The lowest BCUT2D eigenvalue weighted by Gasteiger charge is -2.08. The molecule has 10 heavy (non-hydrogen) atoms. The fraction of sp³-hybridized carbons (Fsp3) is 0.857. The molecule has 0 saturated carbocycles. The van der Waals surface area contributed by atoms with Gasteiger partial charge in [0, 0.05) is 6.42 Å². The van der Waals surface area contributed by atoms with Crippen molar-refractivity contribution >= 4 is 17.6 Å². The SMILES string of the molecule is CCCC(=O)OC(C)CCl. The first-order valence-electron chi connectivity index (χ1n) is 3.46. The molecule has 0 aliphatic rings. The average molecular weight is 165 g/mol. The van der Waals surface area contributed by atoms with Gasteiger partial charge in [-0.15, -0.1) is 11.6 Å². The minimum absolute atomic E-state index is 0.152. The third-order valence-electron chi connectivity index (χ3n) is 1.00. The van der Waals surface area contributed by atoms with Crippen LogP contribution in [-0.2, 0) is 9.53 Å². The molecule has 0 aromatic rings. The predicted molar refractivity (Wildman–Crippen MR) is 41.2 cm³/mol. The lowest BCUT2D eigenvalue weighted by molar-refractivity contribution is -0.147. The van der Waals surface area contributed by atoms with Crippen molar-refractivity contribution in [3.63, 3.8) is 0 Å². The van der Waals surface area contributed by atoms with E-state index < -0.39 is 0 Å². The van der Waals surface area contributed by atoms with E-state index in [4.69, 9.17) is 16.3 Å². The molecule has 0 N–H and O–H groups in total. The van der Waals surface area contributed by atoms with Crippen LogP contribution in [0.4, 0.5) is 0 Å². The molecule has 0 aromatic heterocycles. The number of carbonyl (C=O) groups is 1. The first kappa shape index (κ1) is 9.76. The molecule has 0 heterocycles. The summed E-state index contributed by atoms with van der Waals surface area (Å²) in [7, 11) is 0. The highest BCUT2D eigenvalue weighted by atomic mass is 35.5. The second-order valence-electron chi connectivity index (χ2n) is 2.20. The Morgan fingerprint density at radius 2 is 2.30 bits per heavy atom. The van der Waals surface area contributed by atoms with Crippen molar-refractivity contribution in [3.05, 3.63) is 0 Å². The normalized spacial score (nSPS) is 12.7. The lowest BCUT2D eigenvalue weighted by Crippen LogP contribution is -2.15. The van der Waals surface area contributed by atoms with Gasteiger partial charge in [-0.2, -0.15) is 0 Å². The number of ether oxygens (including phenoxy) is 1. The molecule has 1 unspecified atom stereocenters. The third-order valence-corrected chi connectivity index (χ3v) is 1.44. The van der Waals surface area contributed by atoms with Crippen molar-refractivity contribution in [2.24, 2.45) is 0 Å². The Balaban J connectivity index is 3.37. The van der Waals surface area contributed by atoms with Gasteiger partial charge in [-0.05, 0) is 13.3 Å². The fourth-order valence-electron chi connectivity index (χ4n) is 0.519. The summed E-state index contributed by atoms with van der Waals surface area (Å²) in [6, 6.07) is 0. The first-order chi connectivity index (χ1) is 4.70. The highest BCUT2D eigenvalue weighted by Gasteiger charge is 2.05. The van der Waals surface area contributed by atoms with Crippen LogP contribution in [0.3, 0.4) is 0 Å².